The Labute approximate surface area is 219 Å². The van der Waals surface area contributed by atoms with Crippen LogP contribution in [0.5, 0.6) is 0 Å². The first-order valence-corrected chi connectivity index (χ1v) is 8.60. The van der Waals surface area contributed by atoms with Crippen LogP contribution < -0.4 is 0 Å². The molecule has 0 amide bonds. The Hall–Kier alpha value is -1.29. The van der Waals surface area contributed by atoms with Gasteiger partial charge in [0.2, 0.25) is 0 Å². The van der Waals surface area contributed by atoms with E-state index >= 15 is 0 Å². The maximum absolute atomic E-state index is 7.50. The first-order valence-electron chi connectivity index (χ1n) is 6.95. The molecule has 0 heterocycles. The molecule has 2 rings (SSSR count). The molecule has 0 aliphatic rings. The Morgan fingerprint density at radius 1 is 0.548 bits per heavy atom. The summed E-state index contributed by atoms with van der Waals surface area (Å²) in [5.74, 6) is 0. The van der Waals surface area contributed by atoms with Crippen molar-refractivity contribution in [2.24, 2.45) is 0 Å². The Morgan fingerprint density at radius 3 is 0.871 bits per heavy atom. The first-order chi connectivity index (χ1) is 14.4. The zero-order valence-electron chi connectivity index (χ0n) is 16.2. The summed E-state index contributed by atoms with van der Waals surface area (Å²) in [5.41, 5.74) is 2.47. The van der Waals surface area contributed by atoms with Gasteiger partial charge >= 0.3 is 102 Å². The van der Waals surface area contributed by atoms with Gasteiger partial charge < -0.3 is 0 Å². The third-order valence-corrected chi connectivity index (χ3v) is 2.07. The van der Waals surface area contributed by atoms with Crippen LogP contribution in [0.15, 0.2) is 60.7 Å². The molecule has 0 N–H and O–H groups in total. The minimum absolute atomic E-state index is 0. The molecular formula is C22H17Fe2O6Te. The van der Waals surface area contributed by atoms with E-state index in [0.29, 0.717) is 0 Å². The summed E-state index contributed by atoms with van der Waals surface area (Å²) in [4.78, 5) is 0. The third-order valence-electron chi connectivity index (χ3n) is 2.07. The fourth-order valence-corrected chi connectivity index (χ4v) is 1.32. The first kappa shape index (κ1) is 52.0. The fourth-order valence-electron chi connectivity index (χ4n) is 1.32. The van der Waals surface area contributed by atoms with E-state index in [4.69, 9.17) is 27.9 Å². The van der Waals surface area contributed by atoms with Crippen LogP contribution in [0.3, 0.4) is 0 Å². The van der Waals surface area contributed by atoms with Crippen LogP contribution >= 0.6 is 0 Å². The van der Waals surface area contributed by atoms with Crippen molar-refractivity contribution >= 4 is 22.3 Å². The Bertz CT molecular complexity index is 553. The Kier molecular flexibility index (Phi) is 118. The summed E-state index contributed by atoms with van der Waals surface area (Å²) in [6, 6.07) is 20.6. The average molecular weight is 617 g/mol. The standard InChI is InChI=1S/C14H12.C2H5Te.6CO.2Fe/c1-3-7-13(8-4-1)11-12-14-9-5-2-6-10-14;1-2-3;6*1-2;;/h1-12H;2H2,1H3;;;;;;;;. The largest absolute Gasteiger partial charge is 0.0622 e. The molecule has 9 heteroatoms. The van der Waals surface area contributed by atoms with Crippen LogP contribution in [0.25, 0.3) is 0 Å². The SMILES string of the molecule is CC[Te].[C-]#[O+].[C-]#[O+].[C-]#[O+].[C-]#[O+].[C-]#[O+].[C-]#[O+].[CH]([CH]c1ccccc1)c1ccccc1.[Fe].[Fe]. The van der Waals surface area contributed by atoms with E-state index in [0.717, 1.165) is 0 Å². The predicted octanol–water partition coefficient (Wildman–Crippen LogP) is 3.85. The van der Waals surface area contributed by atoms with Gasteiger partial charge in [-0.1, -0.05) is 60.7 Å². The van der Waals surface area contributed by atoms with Gasteiger partial charge in [0, 0.05) is 34.1 Å². The molecule has 2 aromatic rings. The van der Waals surface area contributed by atoms with Crippen molar-refractivity contribution in [2.45, 2.75) is 11.4 Å². The van der Waals surface area contributed by atoms with Gasteiger partial charge in [0.25, 0.3) is 0 Å². The monoisotopic (exact) mass is 619 g/mol. The summed E-state index contributed by atoms with van der Waals surface area (Å²) >= 11 is 2.07. The number of rotatable bonds is 3. The zero-order valence-corrected chi connectivity index (χ0v) is 20.7. The second kappa shape index (κ2) is 70.3. The molecule has 0 spiro atoms. The van der Waals surface area contributed by atoms with Gasteiger partial charge in [0.15, 0.2) is 0 Å². The molecule has 0 saturated carbocycles. The maximum atomic E-state index is 7.50. The molecule has 3 radical (unpaired) electrons. The van der Waals surface area contributed by atoms with Crippen molar-refractivity contribution in [3.63, 3.8) is 0 Å². The van der Waals surface area contributed by atoms with E-state index in [1.807, 2.05) is 36.4 Å². The van der Waals surface area contributed by atoms with Crippen LogP contribution in [-0.4, -0.2) is 22.3 Å². The molecule has 31 heavy (non-hydrogen) atoms. The molecule has 0 fully saturated rings. The average Bonchev–Trinajstić information content (AvgIpc) is 2.87. The van der Waals surface area contributed by atoms with Gasteiger partial charge in [-0.3, -0.25) is 0 Å². The van der Waals surface area contributed by atoms with E-state index in [9.17, 15) is 0 Å². The van der Waals surface area contributed by atoms with Gasteiger partial charge in [0.05, 0.1) is 0 Å². The van der Waals surface area contributed by atoms with Crippen LogP contribution in [0.1, 0.15) is 18.1 Å². The van der Waals surface area contributed by atoms with Gasteiger partial charge in [-0.2, -0.15) is 0 Å². The van der Waals surface area contributed by atoms with Crippen molar-refractivity contribution in [1.82, 2.24) is 0 Å². The Balaban J connectivity index is -0.0000000445. The Morgan fingerprint density at radius 2 is 0.710 bits per heavy atom. The topological polar surface area (TPSA) is 119 Å². The minimum Gasteiger partial charge on any atom is -0.0622 e. The molecule has 0 bridgehead atoms. The van der Waals surface area contributed by atoms with E-state index in [-0.39, 0.29) is 34.1 Å². The molecule has 0 aliphatic carbocycles. The molecule has 0 atom stereocenters. The van der Waals surface area contributed by atoms with Gasteiger partial charge in [-0.25, -0.2) is 0 Å². The summed E-state index contributed by atoms with van der Waals surface area (Å²) in [6.45, 7) is 29.1. The maximum Gasteiger partial charge on any atom is 0 e. The summed E-state index contributed by atoms with van der Waals surface area (Å²) < 4.78 is 46.3. The van der Waals surface area contributed by atoms with E-state index in [1.165, 1.54) is 15.6 Å². The van der Waals surface area contributed by atoms with Crippen molar-refractivity contribution in [3.8, 4) is 0 Å². The molecule has 163 valence electrons. The summed E-state index contributed by atoms with van der Waals surface area (Å²) in [5, 5.41) is 0. The van der Waals surface area contributed by atoms with Crippen LogP contribution in [0.4, 0.5) is 0 Å². The molecule has 0 aromatic heterocycles. The van der Waals surface area contributed by atoms with Crippen molar-refractivity contribution in [3.05, 3.63) is 125 Å². The number of hydrogen-bond donors (Lipinski definition) is 0. The zero-order chi connectivity index (χ0) is 24.3. The molecule has 0 aliphatic heterocycles. The quantitative estimate of drug-likeness (QED) is 0.283. The normalized spacial score (nSPS) is 5.48. The molecule has 6 nitrogen and oxygen atoms in total. The summed E-state index contributed by atoms with van der Waals surface area (Å²) in [6.07, 6.45) is 4.24. The van der Waals surface area contributed by atoms with Crippen molar-refractivity contribution in [2.75, 3.05) is 0 Å². The molecular weight excluding hydrogens is 600 g/mol. The van der Waals surface area contributed by atoms with Gasteiger partial charge in [0.1, 0.15) is 0 Å². The molecule has 0 saturated heterocycles. The fraction of sp³-hybridized carbons (Fsp3) is 0.0909. The second-order valence-electron chi connectivity index (χ2n) is 3.44. The predicted molar refractivity (Wildman–Crippen MR) is 99.5 cm³/mol. The molecule has 0 unspecified atom stereocenters. The van der Waals surface area contributed by atoms with Crippen LogP contribution in [-0.2, 0) is 62.1 Å². The smallest absolute Gasteiger partial charge is 0 e. The van der Waals surface area contributed by atoms with E-state index in [2.05, 4.69) is 106 Å². The van der Waals surface area contributed by atoms with Crippen molar-refractivity contribution in [1.29, 1.82) is 0 Å². The molecule has 2 aromatic carbocycles. The van der Waals surface area contributed by atoms with Crippen LogP contribution in [0.2, 0.25) is 4.47 Å². The number of benzene rings is 2. The van der Waals surface area contributed by atoms with Gasteiger partial charge in [-0.05, 0) is 24.0 Å². The second-order valence-corrected chi connectivity index (χ2v) is 5.09. The van der Waals surface area contributed by atoms with E-state index < -0.39 is 0 Å². The number of hydrogen-bond acceptors (Lipinski definition) is 0. The van der Waals surface area contributed by atoms with Crippen molar-refractivity contribution < 1.29 is 62.1 Å². The summed E-state index contributed by atoms with van der Waals surface area (Å²) in [7, 11) is 0. The minimum atomic E-state index is 0. The third kappa shape index (κ3) is 52.7. The van der Waals surface area contributed by atoms with E-state index in [1.54, 1.807) is 0 Å². The van der Waals surface area contributed by atoms with Gasteiger partial charge in [-0.15, -0.1) is 0 Å². The van der Waals surface area contributed by atoms with Crippen LogP contribution in [0, 0.1) is 52.7 Å².